The monoisotopic (exact) mass is 234 g/mol. The van der Waals surface area contributed by atoms with Crippen molar-refractivity contribution in [2.45, 2.75) is 13.0 Å². The summed E-state index contributed by atoms with van der Waals surface area (Å²) in [6.07, 6.45) is 2.42. The molecule has 2 aromatic rings. The third-order valence-electron chi connectivity index (χ3n) is 2.45. The Labute approximate surface area is 99.5 Å². The van der Waals surface area contributed by atoms with Crippen LogP contribution in [0.4, 0.5) is 4.39 Å². The molecule has 0 fully saturated rings. The van der Waals surface area contributed by atoms with Crippen molar-refractivity contribution in [3.05, 3.63) is 47.8 Å². The van der Waals surface area contributed by atoms with E-state index in [2.05, 4.69) is 15.4 Å². The Morgan fingerprint density at radius 3 is 2.88 bits per heavy atom. The van der Waals surface area contributed by atoms with Crippen molar-refractivity contribution in [1.82, 2.24) is 20.1 Å². The van der Waals surface area contributed by atoms with E-state index in [4.69, 9.17) is 0 Å². The van der Waals surface area contributed by atoms with Gasteiger partial charge in [-0.25, -0.2) is 9.37 Å². The maximum Gasteiger partial charge on any atom is 0.151 e. The van der Waals surface area contributed by atoms with E-state index in [9.17, 15) is 4.39 Å². The second kappa shape index (κ2) is 5.54. The first-order valence-electron chi connectivity index (χ1n) is 5.54. The van der Waals surface area contributed by atoms with Crippen molar-refractivity contribution in [2.24, 2.45) is 7.05 Å². The van der Waals surface area contributed by atoms with E-state index in [0.717, 1.165) is 18.8 Å². The first-order chi connectivity index (χ1) is 8.25. The van der Waals surface area contributed by atoms with E-state index < -0.39 is 0 Å². The highest BCUT2D eigenvalue weighted by Crippen LogP contribution is 2.05. The van der Waals surface area contributed by atoms with Crippen LogP contribution in [0.15, 0.2) is 30.6 Å². The van der Waals surface area contributed by atoms with Gasteiger partial charge in [-0.2, -0.15) is 5.10 Å². The zero-order chi connectivity index (χ0) is 12.1. The zero-order valence-electron chi connectivity index (χ0n) is 9.73. The molecule has 0 amide bonds. The summed E-state index contributed by atoms with van der Waals surface area (Å²) < 4.78 is 14.9. The minimum atomic E-state index is -0.170. The maximum atomic E-state index is 13.3. The average molecular weight is 234 g/mol. The van der Waals surface area contributed by atoms with Crippen molar-refractivity contribution in [3.63, 3.8) is 0 Å². The van der Waals surface area contributed by atoms with E-state index in [1.165, 1.54) is 6.07 Å². The molecule has 0 bridgehead atoms. The van der Waals surface area contributed by atoms with Crippen LogP contribution in [-0.2, 0) is 20.0 Å². The average Bonchev–Trinajstić information content (AvgIpc) is 2.73. The molecule has 0 aliphatic rings. The number of aryl methyl sites for hydroxylation is 1. The molecule has 1 N–H and O–H groups in total. The van der Waals surface area contributed by atoms with Gasteiger partial charge in [0.05, 0.1) is 0 Å². The number of rotatable bonds is 5. The van der Waals surface area contributed by atoms with Crippen molar-refractivity contribution >= 4 is 0 Å². The van der Waals surface area contributed by atoms with Gasteiger partial charge in [0, 0.05) is 32.1 Å². The Morgan fingerprint density at radius 2 is 2.18 bits per heavy atom. The fourth-order valence-corrected chi connectivity index (χ4v) is 1.56. The molecule has 2 rings (SSSR count). The Hall–Kier alpha value is -1.75. The molecule has 0 unspecified atom stereocenters. The van der Waals surface area contributed by atoms with E-state index in [1.807, 2.05) is 13.1 Å². The van der Waals surface area contributed by atoms with Crippen LogP contribution in [0.2, 0.25) is 0 Å². The second-order valence-electron chi connectivity index (χ2n) is 3.85. The molecule has 1 heterocycles. The van der Waals surface area contributed by atoms with E-state index >= 15 is 0 Å². The van der Waals surface area contributed by atoms with Gasteiger partial charge in [-0.1, -0.05) is 18.2 Å². The molecular formula is C12H15FN4. The summed E-state index contributed by atoms with van der Waals surface area (Å²) in [5.74, 6) is 0.629. The van der Waals surface area contributed by atoms with Gasteiger partial charge in [0.1, 0.15) is 12.1 Å². The van der Waals surface area contributed by atoms with E-state index in [-0.39, 0.29) is 5.82 Å². The van der Waals surface area contributed by atoms with Gasteiger partial charge in [-0.15, -0.1) is 0 Å². The smallest absolute Gasteiger partial charge is 0.151 e. The number of hydrogen-bond donors (Lipinski definition) is 1. The topological polar surface area (TPSA) is 42.7 Å². The minimum Gasteiger partial charge on any atom is -0.312 e. The lowest BCUT2D eigenvalue weighted by atomic mass is 10.2. The van der Waals surface area contributed by atoms with Crippen LogP contribution in [0.5, 0.6) is 0 Å². The third kappa shape index (κ3) is 3.35. The lowest BCUT2D eigenvalue weighted by Gasteiger charge is -2.04. The van der Waals surface area contributed by atoms with Crippen molar-refractivity contribution in [1.29, 1.82) is 0 Å². The van der Waals surface area contributed by atoms with Gasteiger partial charge >= 0.3 is 0 Å². The quantitative estimate of drug-likeness (QED) is 0.793. The normalized spacial score (nSPS) is 10.7. The maximum absolute atomic E-state index is 13.3. The van der Waals surface area contributed by atoms with Gasteiger partial charge < -0.3 is 5.32 Å². The lowest BCUT2D eigenvalue weighted by molar-refractivity contribution is 0.585. The summed E-state index contributed by atoms with van der Waals surface area (Å²) >= 11 is 0. The van der Waals surface area contributed by atoms with Crippen LogP contribution in [0.25, 0.3) is 0 Å². The van der Waals surface area contributed by atoms with Crippen molar-refractivity contribution in [3.8, 4) is 0 Å². The van der Waals surface area contributed by atoms with Gasteiger partial charge in [0.2, 0.25) is 0 Å². The highest BCUT2D eigenvalue weighted by atomic mass is 19.1. The molecule has 0 aliphatic heterocycles. The van der Waals surface area contributed by atoms with Crippen LogP contribution in [0.1, 0.15) is 11.4 Å². The van der Waals surface area contributed by atoms with Crippen LogP contribution >= 0.6 is 0 Å². The SMILES string of the molecule is Cn1cnc(CCNCc2ccccc2F)n1. The fraction of sp³-hybridized carbons (Fsp3) is 0.333. The summed E-state index contributed by atoms with van der Waals surface area (Å²) in [5.41, 5.74) is 0.682. The molecule has 5 heteroatoms. The summed E-state index contributed by atoms with van der Waals surface area (Å²) in [7, 11) is 1.84. The molecule has 1 aromatic heterocycles. The molecule has 17 heavy (non-hydrogen) atoms. The first-order valence-corrected chi connectivity index (χ1v) is 5.54. The first kappa shape index (κ1) is 11.7. The van der Waals surface area contributed by atoms with Crippen molar-refractivity contribution < 1.29 is 4.39 Å². The predicted molar refractivity (Wildman–Crippen MR) is 62.8 cm³/mol. The standard InChI is InChI=1S/C12H15FN4/c1-17-9-15-12(16-17)6-7-14-8-10-4-2-3-5-11(10)13/h2-5,9,14H,6-8H2,1H3. The minimum absolute atomic E-state index is 0.170. The van der Waals surface area contributed by atoms with Gasteiger partial charge in [-0.3, -0.25) is 4.68 Å². The number of benzene rings is 1. The number of aromatic nitrogens is 3. The van der Waals surface area contributed by atoms with Gasteiger partial charge in [0.15, 0.2) is 5.82 Å². The third-order valence-corrected chi connectivity index (χ3v) is 2.45. The van der Waals surface area contributed by atoms with E-state index in [1.54, 1.807) is 23.1 Å². The number of hydrogen-bond acceptors (Lipinski definition) is 3. The second-order valence-corrected chi connectivity index (χ2v) is 3.85. The van der Waals surface area contributed by atoms with E-state index in [0.29, 0.717) is 12.1 Å². The zero-order valence-corrected chi connectivity index (χ0v) is 9.73. The van der Waals surface area contributed by atoms with Crippen LogP contribution in [-0.4, -0.2) is 21.3 Å². The van der Waals surface area contributed by atoms with Crippen LogP contribution in [0, 0.1) is 5.82 Å². The van der Waals surface area contributed by atoms with Crippen molar-refractivity contribution in [2.75, 3.05) is 6.54 Å². The fourth-order valence-electron chi connectivity index (χ4n) is 1.56. The summed E-state index contributed by atoms with van der Waals surface area (Å²) in [4.78, 5) is 4.12. The Morgan fingerprint density at radius 1 is 1.35 bits per heavy atom. The van der Waals surface area contributed by atoms with Crippen LogP contribution < -0.4 is 5.32 Å². The molecule has 0 saturated carbocycles. The molecule has 1 aromatic carbocycles. The highest BCUT2D eigenvalue weighted by Gasteiger charge is 2.01. The number of halogens is 1. The predicted octanol–water partition coefficient (Wildman–Crippen LogP) is 1.29. The summed E-state index contributed by atoms with van der Waals surface area (Å²) in [6.45, 7) is 1.26. The molecule has 0 saturated heterocycles. The number of nitrogens with zero attached hydrogens (tertiary/aromatic N) is 3. The molecule has 90 valence electrons. The summed E-state index contributed by atoms with van der Waals surface area (Å²) in [6, 6.07) is 6.77. The Bertz CT molecular complexity index is 481. The molecule has 0 spiro atoms. The van der Waals surface area contributed by atoms with Crippen LogP contribution in [0.3, 0.4) is 0 Å². The highest BCUT2D eigenvalue weighted by molar-refractivity contribution is 5.16. The molecule has 0 atom stereocenters. The number of nitrogens with one attached hydrogen (secondary N) is 1. The largest absolute Gasteiger partial charge is 0.312 e. The summed E-state index contributed by atoms with van der Waals surface area (Å²) in [5, 5.41) is 7.34. The molecular weight excluding hydrogens is 219 g/mol. The molecule has 0 radical (unpaired) electrons. The Kier molecular flexibility index (Phi) is 3.82. The molecule has 0 aliphatic carbocycles. The van der Waals surface area contributed by atoms with Gasteiger partial charge in [0.25, 0.3) is 0 Å². The van der Waals surface area contributed by atoms with Gasteiger partial charge in [-0.05, 0) is 6.07 Å². The molecule has 4 nitrogen and oxygen atoms in total. The Balaban J connectivity index is 1.75. The lowest BCUT2D eigenvalue weighted by Crippen LogP contribution is -2.18.